The lowest BCUT2D eigenvalue weighted by atomic mass is 10.3. The normalized spacial score (nSPS) is 10.6. The van der Waals surface area contributed by atoms with E-state index in [4.69, 9.17) is 10.8 Å². The number of pyridine rings is 1. The number of hydrogen-bond donors (Lipinski definition) is 2. The molecule has 2 aromatic rings. The summed E-state index contributed by atoms with van der Waals surface area (Å²) in [5.41, 5.74) is 6.84. The maximum Gasteiger partial charge on any atom is 0.338 e. The van der Waals surface area contributed by atoms with Crippen LogP contribution >= 0.6 is 11.8 Å². The molecule has 0 aliphatic rings. The van der Waals surface area contributed by atoms with Crippen LogP contribution in [0.1, 0.15) is 16.1 Å². The molecule has 0 bridgehead atoms. The molecule has 2 aromatic heterocycles. The summed E-state index contributed by atoms with van der Waals surface area (Å²) in [6.07, 6.45) is 1.44. The number of anilines is 1. The van der Waals surface area contributed by atoms with E-state index >= 15 is 0 Å². The highest BCUT2D eigenvalue weighted by Crippen LogP contribution is 2.29. The van der Waals surface area contributed by atoms with Crippen molar-refractivity contribution < 1.29 is 9.90 Å². The van der Waals surface area contributed by atoms with Crippen molar-refractivity contribution in [1.82, 2.24) is 14.8 Å². The minimum absolute atomic E-state index is 0.0962. The highest BCUT2D eigenvalue weighted by Gasteiger charge is 2.15. The number of carbonyl (C=O) groups is 1. The standard InChI is InChI=1S/C11H12N4O2S/c1-6-3-9(15(2)14-6)18-10-8(11(16)17)4-7(12)5-13-10/h3-5H,12H2,1-2H3,(H,16,17). The topological polar surface area (TPSA) is 94.0 Å². The van der Waals surface area contributed by atoms with Crippen molar-refractivity contribution in [3.63, 3.8) is 0 Å². The number of hydrogen-bond acceptors (Lipinski definition) is 5. The second-order valence-electron chi connectivity index (χ2n) is 3.78. The van der Waals surface area contributed by atoms with Crippen molar-refractivity contribution >= 4 is 23.4 Å². The van der Waals surface area contributed by atoms with Crippen LogP contribution in [0.25, 0.3) is 0 Å². The molecular formula is C11H12N4O2S. The second-order valence-corrected chi connectivity index (χ2v) is 4.79. The smallest absolute Gasteiger partial charge is 0.338 e. The average Bonchev–Trinajstić information content (AvgIpc) is 2.60. The maximum atomic E-state index is 11.1. The number of nitrogen functional groups attached to an aromatic ring is 1. The van der Waals surface area contributed by atoms with Crippen LogP contribution in [0.3, 0.4) is 0 Å². The van der Waals surface area contributed by atoms with E-state index in [1.54, 1.807) is 11.7 Å². The highest BCUT2D eigenvalue weighted by molar-refractivity contribution is 7.99. The number of aromatic nitrogens is 3. The predicted octanol–water partition coefficient (Wildman–Crippen LogP) is 1.56. The van der Waals surface area contributed by atoms with Crippen LogP contribution in [0.5, 0.6) is 0 Å². The zero-order valence-corrected chi connectivity index (χ0v) is 10.7. The Hall–Kier alpha value is -2.02. The lowest BCUT2D eigenvalue weighted by Crippen LogP contribution is -2.03. The Morgan fingerprint density at radius 3 is 2.78 bits per heavy atom. The van der Waals surface area contributed by atoms with Gasteiger partial charge in [0.1, 0.15) is 10.1 Å². The van der Waals surface area contributed by atoms with Crippen LogP contribution in [0, 0.1) is 6.92 Å². The van der Waals surface area contributed by atoms with E-state index in [2.05, 4.69) is 10.1 Å². The number of aryl methyl sites for hydroxylation is 2. The molecule has 0 spiro atoms. The van der Waals surface area contributed by atoms with Gasteiger partial charge in [-0.1, -0.05) is 0 Å². The van der Waals surface area contributed by atoms with Gasteiger partial charge < -0.3 is 10.8 Å². The lowest BCUT2D eigenvalue weighted by molar-refractivity contribution is 0.0692. The fraction of sp³-hybridized carbons (Fsp3) is 0.182. The van der Waals surface area contributed by atoms with Crippen molar-refractivity contribution in [2.75, 3.05) is 5.73 Å². The SMILES string of the molecule is Cc1cc(Sc2ncc(N)cc2C(=O)O)n(C)n1. The van der Waals surface area contributed by atoms with Crippen LogP contribution in [-0.4, -0.2) is 25.8 Å². The van der Waals surface area contributed by atoms with Gasteiger partial charge in [-0.3, -0.25) is 4.68 Å². The van der Waals surface area contributed by atoms with E-state index in [9.17, 15) is 4.79 Å². The second kappa shape index (κ2) is 4.69. The molecule has 0 saturated carbocycles. The molecule has 18 heavy (non-hydrogen) atoms. The third-order valence-electron chi connectivity index (χ3n) is 2.26. The fourth-order valence-electron chi connectivity index (χ4n) is 1.48. The first-order valence-corrected chi connectivity index (χ1v) is 5.96. The summed E-state index contributed by atoms with van der Waals surface area (Å²) in [4.78, 5) is 15.2. The summed E-state index contributed by atoms with van der Waals surface area (Å²) >= 11 is 1.25. The molecule has 3 N–H and O–H groups in total. The molecule has 0 aliphatic heterocycles. The summed E-state index contributed by atoms with van der Waals surface area (Å²) < 4.78 is 1.68. The average molecular weight is 264 g/mol. The zero-order valence-electron chi connectivity index (χ0n) is 9.91. The van der Waals surface area contributed by atoms with E-state index in [1.165, 1.54) is 24.0 Å². The minimum Gasteiger partial charge on any atom is -0.478 e. The largest absolute Gasteiger partial charge is 0.478 e. The Kier molecular flexibility index (Phi) is 3.24. The van der Waals surface area contributed by atoms with Gasteiger partial charge in [-0.05, 0) is 30.8 Å². The predicted molar refractivity (Wildman–Crippen MR) is 67.7 cm³/mol. The van der Waals surface area contributed by atoms with E-state index in [0.717, 1.165) is 10.7 Å². The number of nitrogens with zero attached hydrogens (tertiary/aromatic N) is 3. The van der Waals surface area contributed by atoms with Crippen molar-refractivity contribution in [2.24, 2.45) is 7.05 Å². The molecule has 0 radical (unpaired) electrons. The maximum absolute atomic E-state index is 11.1. The molecule has 2 rings (SSSR count). The molecule has 0 amide bonds. The van der Waals surface area contributed by atoms with E-state index < -0.39 is 5.97 Å². The Labute approximate surface area is 108 Å². The molecule has 0 aromatic carbocycles. The molecular weight excluding hydrogens is 252 g/mol. The first-order chi connectivity index (χ1) is 8.47. The molecule has 0 aliphatic carbocycles. The van der Waals surface area contributed by atoms with Gasteiger partial charge in [-0.15, -0.1) is 0 Å². The van der Waals surface area contributed by atoms with Crippen molar-refractivity contribution in [3.05, 3.63) is 29.6 Å². The van der Waals surface area contributed by atoms with E-state index in [0.29, 0.717) is 10.7 Å². The monoisotopic (exact) mass is 264 g/mol. The number of rotatable bonds is 3. The van der Waals surface area contributed by atoms with Gasteiger partial charge in [0, 0.05) is 7.05 Å². The Bertz CT molecular complexity index is 609. The van der Waals surface area contributed by atoms with Crippen molar-refractivity contribution in [1.29, 1.82) is 0 Å². The summed E-state index contributed by atoms with van der Waals surface area (Å²) in [6.45, 7) is 1.87. The third-order valence-corrected chi connectivity index (χ3v) is 3.37. The van der Waals surface area contributed by atoms with Gasteiger partial charge in [-0.25, -0.2) is 9.78 Å². The third kappa shape index (κ3) is 2.45. The van der Waals surface area contributed by atoms with Gasteiger partial charge in [-0.2, -0.15) is 5.10 Å². The number of carboxylic acid groups (broad SMARTS) is 1. The molecule has 0 saturated heterocycles. The van der Waals surface area contributed by atoms with Gasteiger partial charge in [0.2, 0.25) is 0 Å². The van der Waals surface area contributed by atoms with Crippen molar-refractivity contribution in [3.8, 4) is 0 Å². The molecule has 6 nitrogen and oxygen atoms in total. The summed E-state index contributed by atoms with van der Waals surface area (Å²) in [6, 6.07) is 3.27. The quantitative estimate of drug-likeness (QED) is 0.873. The zero-order chi connectivity index (χ0) is 13.3. The number of nitrogens with two attached hydrogens (primary N) is 1. The molecule has 7 heteroatoms. The van der Waals surface area contributed by atoms with Gasteiger partial charge in [0.25, 0.3) is 0 Å². The summed E-state index contributed by atoms with van der Waals surface area (Å²) in [7, 11) is 1.80. The van der Waals surface area contributed by atoms with Gasteiger partial charge in [0.05, 0.1) is 23.1 Å². The van der Waals surface area contributed by atoms with Gasteiger partial charge in [0.15, 0.2) is 0 Å². The van der Waals surface area contributed by atoms with Gasteiger partial charge >= 0.3 is 5.97 Å². The summed E-state index contributed by atoms with van der Waals surface area (Å²) in [5, 5.41) is 14.5. The Morgan fingerprint density at radius 1 is 1.50 bits per heavy atom. The molecule has 0 atom stereocenters. The van der Waals surface area contributed by atoms with Crippen LogP contribution in [0.2, 0.25) is 0 Å². The molecule has 94 valence electrons. The Morgan fingerprint density at radius 2 is 2.22 bits per heavy atom. The molecule has 0 fully saturated rings. The van der Waals surface area contributed by atoms with Crippen molar-refractivity contribution in [2.45, 2.75) is 17.0 Å². The van der Waals surface area contributed by atoms with E-state index in [1.807, 2.05) is 13.0 Å². The minimum atomic E-state index is -1.05. The Balaban J connectivity index is 2.40. The summed E-state index contributed by atoms with van der Waals surface area (Å²) in [5.74, 6) is -1.05. The first kappa shape index (κ1) is 12.4. The lowest BCUT2D eigenvalue weighted by Gasteiger charge is -2.05. The van der Waals surface area contributed by atoms with Crippen LogP contribution in [0.4, 0.5) is 5.69 Å². The van der Waals surface area contributed by atoms with Crippen LogP contribution < -0.4 is 5.73 Å². The number of aromatic carboxylic acids is 1. The molecule has 2 heterocycles. The fourth-order valence-corrected chi connectivity index (χ4v) is 2.45. The molecule has 0 unspecified atom stereocenters. The first-order valence-electron chi connectivity index (χ1n) is 5.14. The van der Waals surface area contributed by atoms with E-state index in [-0.39, 0.29) is 5.56 Å². The number of carboxylic acids is 1. The van der Waals surface area contributed by atoms with Crippen LogP contribution in [-0.2, 0) is 7.05 Å². The van der Waals surface area contributed by atoms with Crippen LogP contribution in [0.15, 0.2) is 28.4 Å². The highest BCUT2D eigenvalue weighted by atomic mass is 32.2.